The summed E-state index contributed by atoms with van der Waals surface area (Å²) in [6.45, 7) is 6.32. The minimum Gasteiger partial charge on any atom is -0.507 e. The van der Waals surface area contributed by atoms with Crippen LogP contribution in [-0.4, -0.2) is 25.4 Å². The lowest BCUT2D eigenvalue weighted by molar-refractivity contribution is 0.404. The van der Waals surface area contributed by atoms with Gasteiger partial charge < -0.3 is 19.9 Å². The van der Waals surface area contributed by atoms with Crippen molar-refractivity contribution in [1.82, 2.24) is 5.32 Å². The van der Waals surface area contributed by atoms with Crippen molar-refractivity contribution in [3.05, 3.63) is 51.5 Å². The Balaban J connectivity index is 2.08. The number of hydrogen-bond donors (Lipinski definition) is 2. The standard InChI is InChI=1S/C24H26BrNO3/c1-12-9-20(29-5)23-15(7-6-8-19(23)28-4)21(12)17-11-18(25)16-10-13(2)26-14(3)22(16)24(17)27/h6-9,11,13-14,26-27H,10H2,1-5H3/t13-,14-/m1/s1. The first-order valence-corrected chi connectivity index (χ1v) is 10.6. The predicted octanol–water partition coefficient (Wildman–Crippen LogP) is 5.90. The Hall–Kier alpha value is -2.24. The molecule has 0 aliphatic carbocycles. The Morgan fingerprint density at radius 1 is 1.10 bits per heavy atom. The van der Waals surface area contributed by atoms with E-state index in [2.05, 4.69) is 41.2 Å². The van der Waals surface area contributed by atoms with E-state index in [0.717, 1.165) is 55.4 Å². The lowest BCUT2D eigenvalue weighted by Crippen LogP contribution is -2.36. The van der Waals surface area contributed by atoms with Crippen LogP contribution in [0.15, 0.2) is 34.8 Å². The molecule has 3 aromatic rings. The van der Waals surface area contributed by atoms with E-state index in [4.69, 9.17) is 9.47 Å². The Morgan fingerprint density at radius 3 is 2.52 bits per heavy atom. The summed E-state index contributed by atoms with van der Waals surface area (Å²) < 4.78 is 12.3. The Morgan fingerprint density at radius 2 is 1.83 bits per heavy atom. The van der Waals surface area contributed by atoms with Crippen LogP contribution in [0, 0.1) is 6.92 Å². The highest BCUT2D eigenvalue weighted by molar-refractivity contribution is 9.10. The third kappa shape index (κ3) is 3.17. The third-order valence-corrected chi connectivity index (χ3v) is 6.57. The summed E-state index contributed by atoms with van der Waals surface area (Å²) in [7, 11) is 3.33. The summed E-state index contributed by atoms with van der Waals surface area (Å²) in [5, 5.41) is 16.8. The van der Waals surface area contributed by atoms with Gasteiger partial charge in [-0.1, -0.05) is 28.1 Å². The van der Waals surface area contributed by atoms with Crippen LogP contribution in [0.25, 0.3) is 21.9 Å². The van der Waals surface area contributed by atoms with E-state index in [1.807, 2.05) is 31.2 Å². The van der Waals surface area contributed by atoms with E-state index in [1.54, 1.807) is 14.2 Å². The van der Waals surface area contributed by atoms with Gasteiger partial charge in [0, 0.05) is 27.7 Å². The van der Waals surface area contributed by atoms with Gasteiger partial charge in [0.15, 0.2) is 0 Å². The molecule has 4 nitrogen and oxygen atoms in total. The molecule has 0 radical (unpaired) electrons. The third-order valence-electron chi connectivity index (χ3n) is 5.87. The Bertz CT molecular complexity index is 1110. The normalized spacial score (nSPS) is 18.6. The number of benzene rings is 3. The van der Waals surface area contributed by atoms with E-state index in [1.165, 1.54) is 5.56 Å². The van der Waals surface area contributed by atoms with Gasteiger partial charge in [-0.25, -0.2) is 0 Å². The molecule has 0 saturated carbocycles. The minimum absolute atomic E-state index is 0.0735. The van der Waals surface area contributed by atoms with Gasteiger partial charge in [0.05, 0.1) is 19.6 Å². The SMILES string of the molecule is COc1cccc2c(-c3cc(Br)c4c(c3O)[C@@H](C)N[C@H](C)C4)c(C)cc(OC)c12. The first-order chi connectivity index (χ1) is 13.9. The lowest BCUT2D eigenvalue weighted by atomic mass is 9.85. The van der Waals surface area contributed by atoms with Crippen LogP contribution >= 0.6 is 15.9 Å². The van der Waals surface area contributed by atoms with Gasteiger partial charge in [-0.2, -0.15) is 0 Å². The maximum Gasteiger partial charge on any atom is 0.130 e. The topological polar surface area (TPSA) is 50.7 Å². The van der Waals surface area contributed by atoms with Crippen molar-refractivity contribution >= 4 is 26.7 Å². The number of ether oxygens (including phenoxy) is 2. The number of phenols is 1. The van der Waals surface area contributed by atoms with E-state index in [9.17, 15) is 5.11 Å². The number of halogens is 1. The highest BCUT2D eigenvalue weighted by atomic mass is 79.9. The molecular weight excluding hydrogens is 430 g/mol. The average Bonchev–Trinajstić information content (AvgIpc) is 2.69. The zero-order chi connectivity index (χ0) is 20.9. The molecule has 0 unspecified atom stereocenters. The van der Waals surface area contributed by atoms with Crippen molar-refractivity contribution in [3.63, 3.8) is 0 Å². The van der Waals surface area contributed by atoms with Gasteiger partial charge in [0.1, 0.15) is 17.2 Å². The molecule has 0 fully saturated rings. The number of aromatic hydroxyl groups is 1. The summed E-state index contributed by atoms with van der Waals surface area (Å²) >= 11 is 3.78. The van der Waals surface area contributed by atoms with Crippen molar-refractivity contribution < 1.29 is 14.6 Å². The largest absolute Gasteiger partial charge is 0.507 e. The molecule has 29 heavy (non-hydrogen) atoms. The summed E-state index contributed by atoms with van der Waals surface area (Å²) in [6.07, 6.45) is 0.879. The van der Waals surface area contributed by atoms with E-state index in [0.29, 0.717) is 11.8 Å². The molecular formula is C24H26BrNO3. The van der Waals surface area contributed by atoms with Crippen LogP contribution < -0.4 is 14.8 Å². The second-order valence-corrected chi connectivity index (χ2v) is 8.65. The van der Waals surface area contributed by atoms with Gasteiger partial charge in [0.2, 0.25) is 0 Å². The van der Waals surface area contributed by atoms with Crippen LogP contribution in [0.4, 0.5) is 0 Å². The van der Waals surface area contributed by atoms with Gasteiger partial charge in [0.25, 0.3) is 0 Å². The number of rotatable bonds is 3. The molecule has 1 aliphatic rings. The maximum atomic E-state index is 11.4. The van der Waals surface area contributed by atoms with Crippen LogP contribution in [0.1, 0.15) is 36.6 Å². The fraction of sp³-hybridized carbons (Fsp3) is 0.333. The molecule has 0 aromatic heterocycles. The Labute approximate surface area is 180 Å². The van der Waals surface area contributed by atoms with Crippen molar-refractivity contribution in [3.8, 4) is 28.4 Å². The van der Waals surface area contributed by atoms with E-state index in [-0.39, 0.29) is 6.04 Å². The highest BCUT2D eigenvalue weighted by Gasteiger charge is 2.29. The van der Waals surface area contributed by atoms with Crippen molar-refractivity contribution in [1.29, 1.82) is 0 Å². The number of fused-ring (bicyclic) bond motifs is 2. The van der Waals surface area contributed by atoms with Gasteiger partial charge in [-0.05, 0) is 67.5 Å². The van der Waals surface area contributed by atoms with Crippen LogP contribution in [-0.2, 0) is 6.42 Å². The fourth-order valence-corrected chi connectivity index (χ4v) is 5.28. The lowest BCUT2D eigenvalue weighted by Gasteiger charge is -2.32. The van der Waals surface area contributed by atoms with Gasteiger partial charge >= 0.3 is 0 Å². The predicted molar refractivity (Wildman–Crippen MR) is 121 cm³/mol. The minimum atomic E-state index is 0.0735. The molecule has 0 saturated heterocycles. The van der Waals surface area contributed by atoms with E-state index >= 15 is 0 Å². The highest BCUT2D eigenvalue weighted by Crippen LogP contribution is 2.48. The van der Waals surface area contributed by atoms with Crippen molar-refractivity contribution in [2.75, 3.05) is 14.2 Å². The number of methoxy groups -OCH3 is 2. The quantitative estimate of drug-likeness (QED) is 0.516. The smallest absolute Gasteiger partial charge is 0.130 e. The second-order valence-electron chi connectivity index (χ2n) is 7.79. The van der Waals surface area contributed by atoms with E-state index < -0.39 is 0 Å². The fourth-order valence-electron chi connectivity index (χ4n) is 4.67. The van der Waals surface area contributed by atoms with Gasteiger partial charge in [-0.15, -0.1) is 0 Å². The van der Waals surface area contributed by atoms with Crippen molar-refractivity contribution in [2.24, 2.45) is 0 Å². The molecule has 0 amide bonds. The average molecular weight is 456 g/mol. The zero-order valence-corrected chi connectivity index (χ0v) is 19.0. The molecule has 3 aromatic carbocycles. The summed E-state index contributed by atoms with van der Waals surface area (Å²) in [4.78, 5) is 0. The molecule has 0 spiro atoms. The Kier molecular flexibility index (Phi) is 5.21. The first-order valence-electron chi connectivity index (χ1n) is 9.82. The number of aryl methyl sites for hydroxylation is 1. The van der Waals surface area contributed by atoms with Crippen LogP contribution in [0.2, 0.25) is 0 Å². The molecule has 5 heteroatoms. The summed E-state index contributed by atoms with van der Waals surface area (Å²) in [5.74, 6) is 1.85. The van der Waals surface area contributed by atoms with Crippen molar-refractivity contribution in [2.45, 2.75) is 39.3 Å². The molecule has 4 rings (SSSR count). The number of nitrogens with one attached hydrogen (secondary N) is 1. The van der Waals surface area contributed by atoms with Crippen LogP contribution in [0.5, 0.6) is 17.2 Å². The molecule has 0 bridgehead atoms. The molecule has 152 valence electrons. The molecule has 1 heterocycles. The molecule has 2 N–H and O–H groups in total. The summed E-state index contributed by atoms with van der Waals surface area (Å²) in [6, 6.07) is 10.5. The van der Waals surface area contributed by atoms with Gasteiger partial charge in [-0.3, -0.25) is 0 Å². The number of hydrogen-bond acceptors (Lipinski definition) is 4. The van der Waals surface area contributed by atoms with Crippen LogP contribution in [0.3, 0.4) is 0 Å². The zero-order valence-electron chi connectivity index (χ0n) is 17.4. The monoisotopic (exact) mass is 455 g/mol. The second kappa shape index (κ2) is 7.54. The molecule has 1 aliphatic heterocycles. The summed E-state index contributed by atoms with van der Waals surface area (Å²) in [5.41, 5.74) is 5.00. The molecule has 2 atom stereocenters. The number of phenolic OH excluding ortho intramolecular Hbond substituents is 1. The maximum absolute atomic E-state index is 11.4. The first kappa shape index (κ1) is 20.0.